The van der Waals surface area contributed by atoms with Crippen LogP contribution in [0.25, 0.3) is 22.2 Å². The number of nitrogens with two attached hydrogens (primary N) is 1. The molecule has 2 fully saturated rings. The number of pyridine rings is 1. The van der Waals surface area contributed by atoms with Gasteiger partial charge in [-0.05, 0) is 38.2 Å². The Morgan fingerprint density at radius 1 is 1.10 bits per heavy atom. The number of nitrogens with one attached hydrogen (secondary N) is 1. The number of halogens is 4. The molecule has 0 unspecified atom stereocenters. The van der Waals surface area contributed by atoms with Crippen molar-refractivity contribution >= 4 is 57.6 Å². The number of piperazine rings is 1. The van der Waals surface area contributed by atoms with Crippen LogP contribution in [0.5, 0.6) is 5.75 Å². The van der Waals surface area contributed by atoms with Gasteiger partial charge < -0.3 is 25.6 Å². The van der Waals surface area contributed by atoms with Gasteiger partial charge in [0.1, 0.15) is 39.6 Å². The molecule has 4 aromatic rings. The summed E-state index contributed by atoms with van der Waals surface area (Å²) < 4.78 is 33.4. The van der Waals surface area contributed by atoms with E-state index in [9.17, 15) is 19.5 Å². The molecule has 1 saturated carbocycles. The molecule has 1 aliphatic carbocycles. The summed E-state index contributed by atoms with van der Waals surface area (Å²) in [6, 6.07) is 2.59. The third kappa shape index (κ3) is 5.75. The highest BCUT2D eigenvalue weighted by atomic mass is 35.5. The minimum Gasteiger partial charge on any atom is -0.505 e. The molecule has 0 spiro atoms. The summed E-state index contributed by atoms with van der Waals surface area (Å²) in [5.41, 5.74) is 4.28. The minimum atomic E-state index is -1.10. The number of fused-ring (bicyclic) bond motifs is 2. The van der Waals surface area contributed by atoms with Crippen LogP contribution in [0.4, 0.5) is 20.3 Å². The van der Waals surface area contributed by atoms with Gasteiger partial charge in [-0.25, -0.2) is 14.4 Å². The van der Waals surface area contributed by atoms with Crippen molar-refractivity contribution in [3.05, 3.63) is 61.9 Å². The number of nitrogens with zero attached hydrogens (tertiary/aromatic N) is 6. The number of phenols is 1. The van der Waals surface area contributed by atoms with E-state index >= 15 is 8.78 Å². The van der Waals surface area contributed by atoms with E-state index in [0.29, 0.717) is 37.6 Å². The molecule has 48 heavy (non-hydrogen) atoms. The van der Waals surface area contributed by atoms with Gasteiger partial charge in [0.25, 0.3) is 11.5 Å². The topological polar surface area (TPSA) is 152 Å². The van der Waals surface area contributed by atoms with Gasteiger partial charge in [0.05, 0.1) is 16.6 Å². The van der Waals surface area contributed by atoms with E-state index in [1.54, 1.807) is 0 Å². The molecular weight excluding hydrogens is 669 g/mol. The summed E-state index contributed by atoms with van der Waals surface area (Å²) in [6.45, 7) is 5.32. The van der Waals surface area contributed by atoms with Crippen molar-refractivity contribution in [3.8, 4) is 16.9 Å². The van der Waals surface area contributed by atoms with Crippen molar-refractivity contribution < 1.29 is 23.5 Å². The van der Waals surface area contributed by atoms with Crippen molar-refractivity contribution in [2.45, 2.75) is 51.7 Å². The molecule has 3 aromatic heterocycles. The SMILES string of the molecule is C[C@H]1CN(CC2CC2)CCN1c1cc(NC(=O)Cn2cc(-c3cc(C(N)=O)c(O)c(Cl)c3F)c3c(=O)n4c(nc32)CCC4)c(Cl)c(F)n1. The van der Waals surface area contributed by atoms with Crippen LogP contribution in [-0.4, -0.2) is 73.1 Å². The third-order valence-corrected chi connectivity index (χ3v) is 9.99. The maximum Gasteiger partial charge on any atom is 0.263 e. The van der Waals surface area contributed by atoms with Gasteiger partial charge in [-0.3, -0.25) is 23.9 Å². The highest BCUT2D eigenvalue weighted by Crippen LogP contribution is 2.40. The number of benzene rings is 1. The first-order valence-corrected chi connectivity index (χ1v) is 16.4. The third-order valence-electron chi connectivity index (χ3n) is 9.29. The number of hydrogen-bond acceptors (Lipinski definition) is 8. The molecule has 4 N–H and O–H groups in total. The summed E-state index contributed by atoms with van der Waals surface area (Å²) >= 11 is 12.3. The molecule has 1 atom stereocenters. The molecule has 5 heterocycles. The molecule has 3 aliphatic rings. The second-order valence-corrected chi connectivity index (χ2v) is 13.5. The molecule has 0 bridgehead atoms. The van der Waals surface area contributed by atoms with Gasteiger partial charge in [-0.1, -0.05) is 23.2 Å². The summed E-state index contributed by atoms with van der Waals surface area (Å²) in [6.07, 6.45) is 5.04. The van der Waals surface area contributed by atoms with Crippen LogP contribution in [-0.2, 0) is 24.3 Å². The number of aryl methyl sites for hydroxylation is 1. The van der Waals surface area contributed by atoms with Gasteiger partial charge >= 0.3 is 0 Å². The Labute approximate surface area is 283 Å². The predicted octanol–water partition coefficient (Wildman–Crippen LogP) is 4.15. The molecular formula is C32H32Cl2F2N8O4. The average molecular weight is 702 g/mol. The van der Waals surface area contributed by atoms with Gasteiger partial charge in [0.2, 0.25) is 11.9 Å². The standard InChI is InChI=1S/C32H32Cl2F2N8O4/c1-15-11-41(12-16-4-5-16)7-8-43(15)22-10-20(25(33)29(36)39-22)38-23(45)14-42-13-19(17-9-18(30(37)47)28(46)26(34)27(17)35)24-31(42)40-21-3-2-6-44(21)32(24)48/h9-10,13,15-16,46H,2-8,11-12,14H2,1H3,(H2,37,47)(H,38,39,45)/t15-/m0/s1. The lowest BCUT2D eigenvalue weighted by molar-refractivity contribution is -0.116. The van der Waals surface area contributed by atoms with Crippen LogP contribution >= 0.6 is 23.2 Å². The summed E-state index contributed by atoms with van der Waals surface area (Å²) in [4.78, 5) is 52.3. The monoisotopic (exact) mass is 700 g/mol. The fraction of sp³-hybridized carbons (Fsp3) is 0.406. The Morgan fingerprint density at radius 2 is 1.88 bits per heavy atom. The smallest absolute Gasteiger partial charge is 0.263 e. The molecule has 7 rings (SSSR count). The zero-order valence-corrected chi connectivity index (χ0v) is 27.4. The van der Waals surface area contributed by atoms with Crippen LogP contribution in [0.3, 0.4) is 0 Å². The molecule has 2 aliphatic heterocycles. The van der Waals surface area contributed by atoms with Crippen molar-refractivity contribution in [2.75, 3.05) is 36.4 Å². The minimum absolute atomic E-state index is 0.00973. The second kappa shape index (κ2) is 12.3. The molecule has 252 valence electrons. The molecule has 2 amide bonds. The Morgan fingerprint density at radius 3 is 2.58 bits per heavy atom. The number of rotatable bonds is 8. The molecule has 1 saturated heterocycles. The van der Waals surface area contributed by atoms with Crippen molar-refractivity contribution in [3.63, 3.8) is 0 Å². The fourth-order valence-electron chi connectivity index (χ4n) is 6.73. The zero-order chi connectivity index (χ0) is 34.0. The maximum absolute atomic E-state index is 15.5. The van der Waals surface area contributed by atoms with E-state index in [1.807, 2.05) is 11.8 Å². The van der Waals surface area contributed by atoms with E-state index in [-0.39, 0.29) is 38.9 Å². The van der Waals surface area contributed by atoms with Gasteiger partial charge in [-0.2, -0.15) is 4.39 Å². The van der Waals surface area contributed by atoms with E-state index < -0.39 is 52.0 Å². The molecule has 1 aromatic carbocycles. The maximum atomic E-state index is 15.5. The quantitative estimate of drug-likeness (QED) is 0.232. The number of amides is 2. The first kappa shape index (κ1) is 32.3. The largest absolute Gasteiger partial charge is 0.505 e. The number of anilines is 2. The zero-order valence-electron chi connectivity index (χ0n) is 25.9. The first-order chi connectivity index (χ1) is 22.9. The van der Waals surface area contributed by atoms with Gasteiger partial charge in [-0.15, -0.1) is 0 Å². The number of aromatic nitrogens is 4. The summed E-state index contributed by atoms with van der Waals surface area (Å²) in [5, 5.41) is 11.8. The van der Waals surface area contributed by atoms with Crippen LogP contribution in [0.1, 0.15) is 42.4 Å². The van der Waals surface area contributed by atoms with E-state index in [0.717, 1.165) is 31.6 Å². The highest BCUT2D eigenvalue weighted by Gasteiger charge is 2.31. The Kier molecular flexibility index (Phi) is 8.28. The average Bonchev–Trinajstić information content (AvgIpc) is 3.59. The highest BCUT2D eigenvalue weighted by molar-refractivity contribution is 6.34. The van der Waals surface area contributed by atoms with Crippen molar-refractivity contribution in [1.82, 2.24) is 24.0 Å². The van der Waals surface area contributed by atoms with Crippen LogP contribution in [0, 0.1) is 17.7 Å². The number of aromatic hydroxyl groups is 1. The normalized spacial score (nSPS) is 18.0. The van der Waals surface area contributed by atoms with Gasteiger partial charge in [0, 0.05) is 68.6 Å². The van der Waals surface area contributed by atoms with Crippen molar-refractivity contribution in [2.24, 2.45) is 11.7 Å². The van der Waals surface area contributed by atoms with E-state index in [1.165, 1.54) is 34.2 Å². The first-order valence-electron chi connectivity index (χ1n) is 15.7. The summed E-state index contributed by atoms with van der Waals surface area (Å²) in [5.74, 6) is -2.97. The fourth-order valence-corrected chi connectivity index (χ4v) is 7.07. The Bertz CT molecular complexity index is 2060. The second-order valence-electron chi connectivity index (χ2n) is 12.7. The number of hydrogen-bond donors (Lipinski definition) is 3. The van der Waals surface area contributed by atoms with E-state index in [2.05, 4.69) is 20.2 Å². The Hall–Kier alpha value is -4.27. The van der Waals surface area contributed by atoms with Crippen LogP contribution < -0.4 is 21.5 Å². The lowest BCUT2D eigenvalue weighted by atomic mass is 10.0. The lowest BCUT2D eigenvalue weighted by Crippen LogP contribution is -2.52. The molecule has 16 heteroatoms. The van der Waals surface area contributed by atoms with Gasteiger partial charge in [0.15, 0.2) is 5.82 Å². The van der Waals surface area contributed by atoms with Crippen LogP contribution in [0.2, 0.25) is 10.0 Å². The number of carbonyl (C=O) groups excluding carboxylic acids is 2. The lowest BCUT2D eigenvalue weighted by Gasteiger charge is -2.40. The number of carbonyl (C=O) groups is 2. The number of primary amides is 1. The van der Waals surface area contributed by atoms with Crippen molar-refractivity contribution in [1.29, 1.82) is 0 Å². The molecule has 12 nitrogen and oxygen atoms in total. The van der Waals surface area contributed by atoms with Crippen LogP contribution in [0.15, 0.2) is 23.1 Å². The molecule has 0 radical (unpaired) electrons. The predicted molar refractivity (Wildman–Crippen MR) is 177 cm³/mol. The summed E-state index contributed by atoms with van der Waals surface area (Å²) in [7, 11) is 0. The Balaban J connectivity index is 1.22. The van der Waals surface area contributed by atoms with E-state index in [4.69, 9.17) is 28.9 Å².